The molecule has 4 heteroatoms. The highest BCUT2D eigenvalue weighted by atomic mass is 16.5. The van der Waals surface area contributed by atoms with Crippen LogP contribution in [-0.2, 0) is 4.74 Å². The maximum atomic E-state index is 12.8. The summed E-state index contributed by atoms with van der Waals surface area (Å²) in [6.45, 7) is 11.7. The minimum Gasteiger partial charge on any atom is -0.369 e. The van der Waals surface area contributed by atoms with Gasteiger partial charge >= 0.3 is 0 Å². The first-order chi connectivity index (χ1) is 8.62. The summed E-state index contributed by atoms with van der Waals surface area (Å²) in [6, 6.07) is 1.83. The Hall–Kier alpha value is -1.29. The topological polar surface area (TPSA) is 52.1 Å². The van der Waals surface area contributed by atoms with E-state index in [1.807, 2.05) is 47.6 Å². The molecule has 1 fully saturated rings. The van der Waals surface area contributed by atoms with Crippen molar-refractivity contribution in [1.82, 2.24) is 10.2 Å². The number of Topliss-reactive ketones (excluding diaryl/α,β-unsaturated/α-hetero) is 1. The lowest BCUT2D eigenvalue weighted by Crippen LogP contribution is -2.34. The molecule has 1 aromatic rings. The minimum atomic E-state index is -0.440. The fraction of sp³-hybridized carbons (Fsp3) is 0.667. The molecular weight excluding hydrogens is 240 g/mol. The van der Waals surface area contributed by atoms with Crippen LogP contribution in [0, 0.1) is 19.8 Å². The van der Waals surface area contributed by atoms with Crippen molar-refractivity contribution in [3.63, 3.8) is 0 Å². The van der Waals surface area contributed by atoms with Gasteiger partial charge in [-0.25, -0.2) is 0 Å². The highest BCUT2D eigenvalue weighted by molar-refractivity contribution is 5.99. The number of carbonyl (C=O) groups excluding carboxylic acids is 1. The first kappa shape index (κ1) is 14.1. The smallest absolute Gasteiger partial charge is 0.170 e. The van der Waals surface area contributed by atoms with E-state index in [1.54, 1.807) is 0 Å². The molecule has 0 amide bonds. The summed E-state index contributed by atoms with van der Waals surface area (Å²) in [7, 11) is 0. The average Bonchev–Trinajstić information content (AvgIpc) is 2.49. The summed E-state index contributed by atoms with van der Waals surface area (Å²) in [5.74, 6) is -0.0177. The summed E-state index contributed by atoms with van der Waals surface area (Å²) < 4.78 is 6.00. The maximum absolute atomic E-state index is 12.8. The van der Waals surface area contributed by atoms with E-state index in [-0.39, 0.29) is 17.3 Å². The summed E-state index contributed by atoms with van der Waals surface area (Å²) in [6.07, 6.45) is 0.736. The van der Waals surface area contributed by atoms with Gasteiger partial charge in [-0.3, -0.25) is 4.79 Å². The van der Waals surface area contributed by atoms with Crippen LogP contribution in [0.4, 0.5) is 0 Å². The van der Waals surface area contributed by atoms with Crippen LogP contribution < -0.4 is 0 Å². The Morgan fingerprint density at radius 2 is 1.89 bits per heavy atom. The molecule has 0 spiro atoms. The number of ether oxygens (including phenoxy) is 1. The number of rotatable bonds is 2. The summed E-state index contributed by atoms with van der Waals surface area (Å²) in [4.78, 5) is 12.8. The summed E-state index contributed by atoms with van der Waals surface area (Å²) in [5.41, 5.74) is 1.44. The lowest BCUT2D eigenvalue weighted by atomic mass is 9.81. The fourth-order valence-electron chi connectivity index (χ4n) is 2.96. The van der Waals surface area contributed by atoms with Gasteiger partial charge in [-0.05, 0) is 54.0 Å². The summed E-state index contributed by atoms with van der Waals surface area (Å²) in [5, 5.41) is 8.02. The highest BCUT2D eigenvalue weighted by Crippen LogP contribution is 2.43. The number of aryl methyl sites for hydroxylation is 2. The quantitative estimate of drug-likeness (QED) is 0.769. The van der Waals surface area contributed by atoms with Crippen LogP contribution in [0.2, 0.25) is 0 Å². The molecule has 0 N–H and O–H groups in total. The Bertz CT molecular complexity index is 521. The molecule has 104 valence electrons. The molecule has 1 unspecified atom stereocenters. The predicted molar refractivity (Wildman–Crippen MR) is 73.2 cm³/mol. The fourth-order valence-corrected chi connectivity index (χ4v) is 2.96. The van der Waals surface area contributed by atoms with Crippen molar-refractivity contribution in [1.29, 1.82) is 0 Å². The van der Waals surface area contributed by atoms with Crippen LogP contribution in [0.5, 0.6) is 0 Å². The molecule has 0 aromatic carbocycles. The number of hydrogen-bond donors (Lipinski definition) is 0. The lowest BCUT2D eigenvalue weighted by Gasteiger charge is -2.26. The number of ketones is 1. The lowest BCUT2D eigenvalue weighted by molar-refractivity contribution is -0.0712. The van der Waals surface area contributed by atoms with Crippen molar-refractivity contribution < 1.29 is 9.53 Å². The van der Waals surface area contributed by atoms with E-state index in [4.69, 9.17) is 4.74 Å². The molecule has 4 nitrogen and oxygen atoms in total. The molecule has 2 rings (SSSR count). The Morgan fingerprint density at radius 1 is 1.26 bits per heavy atom. The van der Waals surface area contributed by atoms with Gasteiger partial charge in [0.2, 0.25) is 0 Å². The molecule has 1 aliphatic heterocycles. The van der Waals surface area contributed by atoms with Crippen molar-refractivity contribution in [3.8, 4) is 0 Å². The number of nitrogens with zero attached hydrogens (tertiary/aromatic N) is 2. The van der Waals surface area contributed by atoms with Gasteiger partial charge in [-0.2, -0.15) is 10.2 Å². The van der Waals surface area contributed by atoms with Crippen molar-refractivity contribution in [3.05, 3.63) is 23.0 Å². The van der Waals surface area contributed by atoms with Crippen LogP contribution in [0.25, 0.3) is 0 Å². The van der Waals surface area contributed by atoms with Gasteiger partial charge in [0.1, 0.15) is 0 Å². The third-order valence-corrected chi connectivity index (χ3v) is 3.76. The molecule has 1 aliphatic rings. The van der Waals surface area contributed by atoms with Gasteiger partial charge in [-0.1, -0.05) is 0 Å². The predicted octanol–water partition coefficient (Wildman–Crippen LogP) is 2.87. The molecule has 0 bridgehead atoms. The van der Waals surface area contributed by atoms with Gasteiger partial charge < -0.3 is 4.74 Å². The van der Waals surface area contributed by atoms with Gasteiger partial charge in [0.15, 0.2) is 5.78 Å². The normalized spacial score (nSPS) is 24.4. The summed E-state index contributed by atoms with van der Waals surface area (Å²) >= 11 is 0. The van der Waals surface area contributed by atoms with Crippen LogP contribution in [0.3, 0.4) is 0 Å². The zero-order chi connectivity index (χ0) is 14.4. The molecular formula is C15H22N2O2. The minimum absolute atomic E-state index is 0.117. The average molecular weight is 262 g/mol. The van der Waals surface area contributed by atoms with E-state index in [1.165, 1.54) is 0 Å². The van der Waals surface area contributed by atoms with E-state index in [9.17, 15) is 4.79 Å². The standard InChI is InChI=1S/C15H22N2O2/c1-9-7-11(10(2)17-16-9)13(18)12-8-14(3,4)19-15(12,5)6/h7,12H,8H2,1-6H3. The SMILES string of the molecule is Cc1cc(C(=O)C2CC(C)(C)OC2(C)C)c(C)nn1. The second kappa shape index (κ2) is 4.37. The molecule has 19 heavy (non-hydrogen) atoms. The Labute approximate surface area is 114 Å². The number of aromatic nitrogens is 2. The van der Waals surface area contributed by atoms with Crippen molar-refractivity contribution in [2.24, 2.45) is 5.92 Å². The second-order valence-electron chi connectivity index (χ2n) is 6.57. The van der Waals surface area contributed by atoms with E-state index >= 15 is 0 Å². The monoisotopic (exact) mass is 262 g/mol. The van der Waals surface area contributed by atoms with E-state index in [2.05, 4.69) is 10.2 Å². The molecule has 2 heterocycles. The van der Waals surface area contributed by atoms with E-state index < -0.39 is 5.60 Å². The van der Waals surface area contributed by atoms with Gasteiger partial charge in [0, 0.05) is 5.56 Å². The Kier molecular flexibility index (Phi) is 3.25. The molecule has 1 saturated heterocycles. The molecule has 1 atom stereocenters. The van der Waals surface area contributed by atoms with Crippen LogP contribution in [-0.4, -0.2) is 27.2 Å². The van der Waals surface area contributed by atoms with E-state index in [0.717, 1.165) is 12.1 Å². The Morgan fingerprint density at radius 3 is 2.42 bits per heavy atom. The van der Waals surface area contributed by atoms with Gasteiger partial charge in [-0.15, -0.1) is 0 Å². The van der Waals surface area contributed by atoms with Crippen LogP contribution in [0.1, 0.15) is 55.9 Å². The van der Waals surface area contributed by atoms with Crippen molar-refractivity contribution in [2.45, 2.75) is 59.2 Å². The van der Waals surface area contributed by atoms with Crippen molar-refractivity contribution >= 4 is 5.78 Å². The van der Waals surface area contributed by atoms with Gasteiger partial charge in [0.25, 0.3) is 0 Å². The first-order valence-corrected chi connectivity index (χ1v) is 6.68. The zero-order valence-corrected chi connectivity index (χ0v) is 12.6. The highest BCUT2D eigenvalue weighted by Gasteiger charge is 2.49. The third kappa shape index (κ3) is 2.68. The largest absolute Gasteiger partial charge is 0.369 e. The van der Waals surface area contributed by atoms with E-state index in [0.29, 0.717) is 11.3 Å². The second-order valence-corrected chi connectivity index (χ2v) is 6.57. The first-order valence-electron chi connectivity index (χ1n) is 6.68. The Balaban J connectivity index is 2.37. The number of hydrogen-bond acceptors (Lipinski definition) is 4. The molecule has 1 aromatic heterocycles. The van der Waals surface area contributed by atoms with Crippen LogP contribution in [0.15, 0.2) is 6.07 Å². The molecule has 0 radical (unpaired) electrons. The zero-order valence-electron chi connectivity index (χ0n) is 12.6. The van der Waals surface area contributed by atoms with Gasteiger partial charge in [0.05, 0.1) is 28.5 Å². The molecule has 0 saturated carbocycles. The maximum Gasteiger partial charge on any atom is 0.170 e. The number of carbonyl (C=O) groups is 1. The van der Waals surface area contributed by atoms with Crippen LogP contribution >= 0.6 is 0 Å². The van der Waals surface area contributed by atoms with Crippen molar-refractivity contribution in [2.75, 3.05) is 0 Å². The molecule has 0 aliphatic carbocycles. The third-order valence-electron chi connectivity index (χ3n) is 3.76.